The number of carbonyl (C=O) groups is 1. The summed E-state index contributed by atoms with van der Waals surface area (Å²) in [5.41, 5.74) is 0. The smallest absolute Gasteiger partial charge is 0.239 e. The van der Waals surface area contributed by atoms with Gasteiger partial charge in [-0.15, -0.1) is 0 Å². The van der Waals surface area contributed by atoms with E-state index in [9.17, 15) is 4.79 Å². The third-order valence-corrected chi connectivity index (χ3v) is 4.64. The van der Waals surface area contributed by atoms with Gasteiger partial charge < -0.3 is 15.4 Å². The van der Waals surface area contributed by atoms with Gasteiger partial charge in [-0.3, -0.25) is 4.79 Å². The predicted octanol–water partition coefficient (Wildman–Crippen LogP) is 2.98. The summed E-state index contributed by atoms with van der Waals surface area (Å²) in [5, 5.41) is 6.04. The number of ether oxygens (including phenoxy) is 1. The fraction of sp³-hybridized carbons (Fsp3) is 0.667. The number of nitrogens with zero attached hydrogens (tertiary/aromatic N) is 1. The summed E-state index contributed by atoms with van der Waals surface area (Å²) in [7, 11) is 0. The molecule has 2 saturated carbocycles. The van der Waals surface area contributed by atoms with Crippen LogP contribution >= 0.6 is 0 Å². The fourth-order valence-electron chi connectivity index (χ4n) is 3.05. The number of anilines is 1. The normalized spacial score (nSPS) is 18.6. The van der Waals surface area contributed by atoms with Crippen LogP contribution in [-0.4, -0.2) is 30.6 Å². The van der Waals surface area contributed by atoms with Gasteiger partial charge in [-0.25, -0.2) is 4.98 Å². The van der Waals surface area contributed by atoms with Crippen LogP contribution in [0.2, 0.25) is 0 Å². The molecule has 2 fully saturated rings. The summed E-state index contributed by atoms with van der Waals surface area (Å²) < 4.78 is 5.93. The molecule has 1 heterocycles. The van der Waals surface area contributed by atoms with Crippen molar-refractivity contribution in [3.8, 4) is 5.75 Å². The third-order valence-electron chi connectivity index (χ3n) is 4.64. The summed E-state index contributed by atoms with van der Waals surface area (Å²) in [6, 6.07) is 3.72. The second kappa shape index (κ2) is 8.29. The van der Waals surface area contributed by atoms with E-state index in [1.165, 1.54) is 44.9 Å². The largest absolute Gasteiger partial charge is 0.489 e. The Kier molecular flexibility index (Phi) is 5.86. The molecule has 0 atom stereocenters. The molecule has 23 heavy (non-hydrogen) atoms. The van der Waals surface area contributed by atoms with Gasteiger partial charge in [0.2, 0.25) is 5.91 Å². The number of aromatic nitrogens is 1. The maximum Gasteiger partial charge on any atom is 0.239 e. The van der Waals surface area contributed by atoms with E-state index in [2.05, 4.69) is 15.6 Å². The van der Waals surface area contributed by atoms with Crippen molar-refractivity contribution < 1.29 is 9.53 Å². The first-order valence-electron chi connectivity index (χ1n) is 8.89. The Morgan fingerprint density at radius 1 is 1.17 bits per heavy atom. The van der Waals surface area contributed by atoms with Crippen molar-refractivity contribution in [3.63, 3.8) is 0 Å². The average molecular weight is 317 g/mol. The summed E-state index contributed by atoms with van der Waals surface area (Å²) in [6.45, 7) is 1.98. The van der Waals surface area contributed by atoms with Gasteiger partial charge in [0, 0.05) is 6.20 Å². The van der Waals surface area contributed by atoms with E-state index in [4.69, 9.17) is 4.74 Å². The monoisotopic (exact) mass is 317 g/mol. The molecule has 0 radical (unpaired) electrons. The van der Waals surface area contributed by atoms with Crippen LogP contribution in [0.4, 0.5) is 5.82 Å². The van der Waals surface area contributed by atoms with Gasteiger partial charge in [0.1, 0.15) is 0 Å². The molecule has 1 aromatic heterocycles. The van der Waals surface area contributed by atoms with E-state index in [-0.39, 0.29) is 5.91 Å². The molecule has 0 unspecified atom stereocenters. The van der Waals surface area contributed by atoms with Gasteiger partial charge in [-0.1, -0.05) is 19.3 Å². The minimum Gasteiger partial charge on any atom is -0.489 e. The van der Waals surface area contributed by atoms with E-state index < -0.39 is 0 Å². The maximum absolute atomic E-state index is 12.0. The molecule has 0 spiro atoms. The summed E-state index contributed by atoms with van der Waals surface area (Å²) in [4.78, 5) is 16.3. The maximum atomic E-state index is 12.0. The van der Waals surface area contributed by atoms with Crippen molar-refractivity contribution in [2.75, 3.05) is 25.0 Å². The van der Waals surface area contributed by atoms with Crippen LogP contribution < -0.4 is 15.4 Å². The fourth-order valence-corrected chi connectivity index (χ4v) is 3.05. The van der Waals surface area contributed by atoms with Crippen LogP contribution in [0, 0.1) is 11.8 Å². The summed E-state index contributed by atoms with van der Waals surface area (Å²) >= 11 is 0. The predicted molar refractivity (Wildman–Crippen MR) is 90.5 cm³/mol. The lowest BCUT2D eigenvalue weighted by atomic mass is 9.90. The van der Waals surface area contributed by atoms with Crippen LogP contribution in [-0.2, 0) is 4.79 Å². The number of nitrogens with one attached hydrogen (secondary N) is 2. The van der Waals surface area contributed by atoms with E-state index in [0.29, 0.717) is 30.6 Å². The minimum absolute atomic E-state index is 0.0631. The molecule has 1 aromatic rings. The lowest BCUT2D eigenvalue weighted by molar-refractivity contribution is -0.115. The molecular weight excluding hydrogens is 290 g/mol. The molecule has 0 aliphatic heterocycles. The van der Waals surface area contributed by atoms with Crippen molar-refractivity contribution >= 4 is 11.7 Å². The number of hydrogen-bond donors (Lipinski definition) is 2. The molecule has 1 amide bonds. The molecule has 5 heteroatoms. The molecule has 3 rings (SSSR count). The molecular formula is C18H27N3O2. The SMILES string of the molecule is O=C(CNCC1CC1)Nc1ncccc1OCC1CCCCC1. The third kappa shape index (κ3) is 5.50. The standard InChI is InChI=1S/C18H27N3O2/c22-17(12-19-11-14-8-9-14)21-18-16(7-4-10-20-18)23-13-15-5-2-1-3-6-15/h4,7,10,14-15,19H,1-3,5-6,8-9,11-13H2,(H,20,21,22). The van der Waals surface area contributed by atoms with Crippen LogP contribution in [0.3, 0.4) is 0 Å². The van der Waals surface area contributed by atoms with Gasteiger partial charge in [0.15, 0.2) is 11.6 Å². The Labute approximate surface area is 138 Å². The number of amides is 1. The van der Waals surface area contributed by atoms with E-state index in [1.54, 1.807) is 6.20 Å². The number of hydrogen-bond acceptors (Lipinski definition) is 4. The van der Waals surface area contributed by atoms with E-state index >= 15 is 0 Å². The zero-order valence-electron chi connectivity index (χ0n) is 13.7. The lowest BCUT2D eigenvalue weighted by Crippen LogP contribution is -2.30. The quantitative estimate of drug-likeness (QED) is 0.774. The Morgan fingerprint density at radius 3 is 2.78 bits per heavy atom. The summed E-state index contributed by atoms with van der Waals surface area (Å²) in [6.07, 6.45) is 10.7. The van der Waals surface area contributed by atoms with Crippen molar-refractivity contribution in [2.45, 2.75) is 44.9 Å². The Morgan fingerprint density at radius 2 is 2.00 bits per heavy atom. The highest BCUT2D eigenvalue weighted by Crippen LogP contribution is 2.28. The molecule has 126 valence electrons. The van der Waals surface area contributed by atoms with Crippen LogP contribution in [0.5, 0.6) is 5.75 Å². The lowest BCUT2D eigenvalue weighted by Gasteiger charge is -2.22. The van der Waals surface area contributed by atoms with E-state index in [0.717, 1.165) is 12.5 Å². The molecule has 2 N–H and O–H groups in total. The van der Waals surface area contributed by atoms with Gasteiger partial charge >= 0.3 is 0 Å². The Balaban J connectivity index is 1.46. The Hall–Kier alpha value is -1.62. The molecule has 2 aliphatic rings. The second-order valence-electron chi connectivity index (χ2n) is 6.79. The summed E-state index contributed by atoms with van der Waals surface area (Å²) in [5.74, 6) is 2.54. The zero-order chi connectivity index (χ0) is 15.9. The molecule has 0 bridgehead atoms. The van der Waals surface area contributed by atoms with Crippen LogP contribution in [0.25, 0.3) is 0 Å². The van der Waals surface area contributed by atoms with Gasteiger partial charge in [0.25, 0.3) is 0 Å². The van der Waals surface area contributed by atoms with Crippen LogP contribution in [0.15, 0.2) is 18.3 Å². The topological polar surface area (TPSA) is 63.2 Å². The van der Waals surface area contributed by atoms with Crippen molar-refractivity contribution in [1.29, 1.82) is 0 Å². The highest BCUT2D eigenvalue weighted by atomic mass is 16.5. The second-order valence-corrected chi connectivity index (χ2v) is 6.79. The van der Waals surface area contributed by atoms with Crippen molar-refractivity contribution in [1.82, 2.24) is 10.3 Å². The first-order valence-corrected chi connectivity index (χ1v) is 8.89. The molecule has 2 aliphatic carbocycles. The zero-order valence-corrected chi connectivity index (χ0v) is 13.7. The van der Waals surface area contributed by atoms with Crippen LogP contribution in [0.1, 0.15) is 44.9 Å². The number of rotatable bonds is 8. The van der Waals surface area contributed by atoms with Gasteiger partial charge in [0.05, 0.1) is 13.2 Å². The molecule has 0 aromatic carbocycles. The highest BCUT2D eigenvalue weighted by Gasteiger charge is 2.21. The van der Waals surface area contributed by atoms with Crippen molar-refractivity contribution in [2.24, 2.45) is 11.8 Å². The molecule has 5 nitrogen and oxygen atoms in total. The number of carbonyl (C=O) groups excluding carboxylic acids is 1. The minimum atomic E-state index is -0.0631. The molecule has 0 saturated heterocycles. The van der Waals surface area contributed by atoms with Gasteiger partial charge in [-0.2, -0.15) is 0 Å². The van der Waals surface area contributed by atoms with Crippen molar-refractivity contribution in [3.05, 3.63) is 18.3 Å². The highest BCUT2D eigenvalue weighted by molar-refractivity contribution is 5.92. The average Bonchev–Trinajstić information content (AvgIpc) is 3.39. The van der Waals surface area contributed by atoms with E-state index in [1.807, 2.05) is 12.1 Å². The van der Waals surface area contributed by atoms with Gasteiger partial charge in [-0.05, 0) is 56.2 Å². The first-order chi connectivity index (χ1) is 11.3. The number of pyridine rings is 1. The first kappa shape index (κ1) is 16.2. The Bertz CT molecular complexity index is 511.